The van der Waals surface area contributed by atoms with Crippen LogP contribution in [0, 0.1) is 0 Å². The van der Waals surface area contributed by atoms with E-state index in [0.717, 1.165) is 15.1 Å². The molecular weight excluding hydrogens is 356 g/mol. The number of hydrogen-bond donors (Lipinski definition) is 1. The summed E-state index contributed by atoms with van der Waals surface area (Å²) in [6, 6.07) is 12.1. The molecule has 0 aliphatic rings. The summed E-state index contributed by atoms with van der Waals surface area (Å²) in [6.45, 7) is 0. The molecule has 0 amide bonds. The number of nitrogens with zero attached hydrogens (tertiary/aromatic N) is 3. The Morgan fingerprint density at radius 1 is 1.20 bits per heavy atom. The van der Waals surface area contributed by atoms with Gasteiger partial charge in [0.25, 0.3) is 0 Å². The summed E-state index contributed by atoms with van der Waals surface area (Å²) in [7, 11) is 0. The first-order valence-electron chi connectivity index (χ1n) is 5.86. The maximum atomic E-state index is 6.06. The lowest BCUT2D eigenvalue weighted by molar-refractivity contribution is 0.850. The van der Waals surface area contributed by atoms with E-state index < -0.39 is 0 Å². The van der Waals surface area contributed by atoms with Crippen molar-refractivity contribution in [1.82, 2.24) is 14.9 Å². The van der Waals surface area contributed by atoms with Crippen LogP contribution in [-0.4, -0.2) is 14.9 Å². The third kappa shape index (κ3) is 2.74. The molecule has 0 fully saturated rings. The number of thioether (sulfide) groups is 1. The summed E-state index contributed by atoms with van der Waals surface area (Å²) >= 11 is 6.71. The molecule has 0 atom stereocenters. The summed E-state index contributed by atoms with van der Waals surface area (Å²) in [6.07, 6.45) is 0. The topological polar surface area (TPSA) is 56.7 Å². The van der Waals surface area contributed by atoms with Gasteiger partial charge >= 0.3 is 0 Å². The number of thiophene rings is 1. The molecule has 0 spiro atoms. The highest BCUT2D eigenvalue weighted by molar-refractivity contribution is 9.10. The second-order valence-electron chi connectivity index (χ2n) is 4.03. The van der Waals surface area contributed by atoms with Crippen molar-refractivity contribution >= 4 is 39.0 Å². The van der Waals surface area contributed by atoms with Crippen molar-refractivity contribution in [2.24, 2.45) is 0 Å². The van der Waals surface area contributed by atoms with Crippen molar-refractivity contribution in [2.45, 2.75) is 10.9 Å². The minimum Gasteiger partial charge on any atom is -0.335 e. The number of nitrogen functional groups attached to an aromatic ring is 1. The van der Waals surface area contributed by atoms with E-state index in [2.05, 4.69) is 32.2 Å². The highest BCUT2D eigenvalue weighted by Crippen LogP contribution is 2.28. The SMILES string of the molecule is Nn1c(SCc2ccccc2Br)nnc1-c1cccs1. The molecule has 3 rings (SSSR count). The molecule has 0 aliphatic heterocycles. The van der Waals surface area contributed by atoms with E-state index >= 15 is 0 Å². The van der Waals surface area contributed by atoms with E-state index in [1.54, 1.807) is 27.8 Å². The van der Waals surface area contributed by atoms with Crippen LogP contribution in [-0.2, 0) is 5.75 Å². The molecular formula is C13H11BrN4S2. The number of rotatable bonds is 4. The zero-order chi connectivity index (χ0) is 13.9. The van der Waals surface area contributed by atoms with Crippen LogP contribution in [0.25, 0.3) is 10.7 Å². The van der Waals surface area contributed by atoms with Gasteiger partial charge in [-0.1, -0.05) is 52.0 Å². The lowest BCUT2D eigenvalue weighted by Gasteiger charge is -2.04. The minimum atomic E-state index is 0.703. The van der Waals surface area contributed by atoms with E-state index in [1.165, 1.54) is 5.56 Å². The van der Waals surface area contributed by atoms with Crippen LogP contribution < -0.4 is 5.84 Å². The van der Waals surface area contributed by atoms with Gasteiger partial charge in [-0.15, -0.1) is 21.5 Å². The quantitative estimate of drug-likeness (QED) is 0.563. The molecule has 0 saturated carbocycles. The first-order chi connectivity index (χ1) is 9.75. The number of nitrogens with two attached hydrogens (primary N) is 1. The number of benzene rings is 1. The van der Waals surface area contributed by atoms with Gasteiger partial charge in [-0.05, 0) is 23.1 Å². The normalized spacial score (nSPS) is 10.8. The maximum Gasteiger partial charge on any atom is 0.210 e. The first kappa shape index (κ1) is 13.7. The molecule has 0 radical (unpaired) electrons. The second-order valence-corrected chi connectivity index (χ2v) is 6.78. The summed E-state index contributed by atoms with van der Waals surface area (Å²) < 4.78 is 2.64. The predicted octanol–water partition coefficient (Wildman–Crippen LogP) is 3.78. The van der Waals surface area contributed by atoms with Gasteiger partial charge in [-0.2, -0.15) is 0 Å². The van der Waals surface area contributed by atoms with Crippen molar-refractivity contribution in [3.8, 4) is 10.7 Å². The van der Waals surface area contributed by atoms with Crippen molar-refractivity contribution in [2.75, 3.05) is 5.84 Å². The van der Waals surface area contributed by atoms with Crippen molar-refractivity contribution < 1.29 is 0 Å². The molecule has 102 valence electrons. The summed E-state index contributed by atoms with van der Waals surface area (Å²) in [5.41, 5.74) is 1.21. The van der Waals surface area contributed by atoms with Crippen LogP contribution in [0.4, 0.5) is 0 Å². The van der Waals surface area contributed by atoms with Crippen LogP contribution >= 0.6 is 39.0 Å². The van der Waals surface area contributed by atoms with Gasteiger partial charge < -0.3 is 5.84 Å². The van der Waals surface area contributed by atoms with Crippen LogP contribution in [0.3, 0.4) is 0 Å². The Morgan fingerprint density at radius 3 is 2.80 bits per heavy atom. The average molecular weight is 367 g/mol. The van der Waals surface area contributed by atoms with Crippen molar-refractivity contribution in [3.05, 3.63) is 51.8 Å². The fourth-order valence-electron chi connectivity index (χ4n) is 1.71. The third-order valence-corrected chi connectivity index (χ3v) is 5.35. The molecule has 0 unspecified atom stereocenters. The van der Waals surface area contributed by atoms with Gasteiger partial charge in [0, 0.05) is 10.2 Å². The first-order valence-corrected chi connectivity index (χ1v) is 8.52. The third-order valence-electron chi connectivity index (χ3n) is 2.72. The van der Waals surface area contributed by atoms with Crippen LogP contribution in [0.2, 0.25) is 0 Å². The van der Waals surface area contributed by atoms with Crippen molar-refractivity contribution in [1.29, 1.82) is 0 Å². The molecule has 1 aromatic carbocycles. The Hall–Kier alpha value is -1.31. The van der Waals surface area contributed by atoms with Crippen LogP contribution in [0.15, 0.2) is 51.4 Å². The van der Waals surface area contributed by atoms with E-state index in [-0.39, 0.29) is 0 Å². The van der Waals surface area contributed by atoms with Gasteiger partial charge in [0.1, 0.15) is 0 Å². The molecule has 3 aromatic rings. The van der Waals surface area contributed by atoms with E-state index in [1.807, 2.05) is 35.7 Å². The van der Waals surface area contributed by atoms with E-state index in [4.69, 9.17) is 5.84 Å². The molecule has 0 bridgehead atoms. The van der Waals surface area contributed by atoms with E-state index in [9.17, 15) is 0 Å². The Labute approximate surface area is 133 Å². The Balaban J connectivity index is 1.78. The molecule has 0 aliphatic carbocycles. The van der Waals surface area contributed by atoms with Crippen LogP contribution in [0.1, 0.15) is 5.56 Å². The number of hydrogen-bond acceptors (Lipinski definition) is 5. The average Bonchev–Trinajstić information content (AvgIpc) is 3.08. The summed E-state index contributed by atoms with van der Waals surface area (Å²) in [4.78, 5) is 1.02. The summed E-state index contributed by atoms with van der Waals surface area (Å²) in [5.74, 6) is 7.56. The lowest BCUT2D eigenvalue weighted by Crippen LogP contribution is -2.11. The zero-order valence-corrected chi connectivity index (χ0v) is 13.6. The Kier molecular flexibility index (Phi) is 4.09. The van der Waals surface area contributed by atoms with Crippen LogP contribution in [0.5, 0.6) is 0 Å². The van der Waals surface area contributed by atoms with Gasteiger partial charge in [0.15, 0.2) is 5.82 Å². The molecule has 7 heteroatoms. The number of halogens is 1. The molecule has 0 saturated heterocycles. The monoisotopic (exact) mass is 366 g/mol. The van der Waals surface area contributed by atoms with E-state index in [0.29, 0.717) is 11.0 Å². The maximum absolute atomic E-state index is 6.06. The fraction of sp³-hybridized carbons (Fsp3) is 0.0769. The molecule has 2 heterocycles. The van der Waals surface area contributed by atoms with Gasteiger partial charge in [0.2, 0.25) is 5.16 Å². The smallest absolute Gasteiger partial charge is 0.210 e. The molecule has 2 N–H and O–H groups in total. The highest BCUT2D eigenvalue weighted by atomic mass is 79.9. The zero-order valence-electron chi connectivity index (χ0n) is 10.4. The Bertz CT molecular complexity index is 709. The number of aromatic nitrogens is 3. The predicted molar refractivity (Wildman–Crippen MR) is 87.2 cm³/mol. The molecule has 2 aromatic heterocycles. The standard InChI is InChI=1S/C13H11BrN4S2/c14-10-5-2-1-4-9(10)8-20-13-17-16-12(18(13)15)11-6-3-7-19-11/h1-7H,8,15H2. The van der Waals surface area contributed by atoms with Gasteiger partial charge in [0.05, 0.1) is 4.88 Å². The highest BCUT2D eigenvalue weighted by Gasteiger charge is 2.13. The fourth-order valence-corrected chi connectivity index (χ4v) is 3.88. The molecule has 20 heavy (non-hydrogen) atoms. The Morgan fingerprint density at radius 2 is 2.05 bits per heavy atom. The minimum absolute atomic E-state index is 0.703. The summed E-state index contributed by atoms with van der Waals surface area (Å²) in [5, 5.41) is 11.0. The molecule has 4 nitrogen and oxygen atoms in total. The largest absolute Gasteiger partial charge is 0.335 e. The lowest BCUT2D eigenvalue weighted by atomic mass is 10.2. The van der Waals surface area contributed by atoms with Gasteiger partial charge in [-0.25, -0.2) is 4.68 Å². The van der Waals surface area contributed by atoms with Crippen molar-refractivity contribution in [3.63, 3.8) is 0 Å². The van der Waals surface area contributed by atoms with Gasteiger partial charge in [-0.3, -0.25) is 0 Å². The second kappa shape index (κ2) is 5.99.